The molecule has 0 radical (unpaired) electrons. The molecule has 0 aromatic heterocycles. The normalized spacial score (nSPS) is 28.5. The van der Waals surface area contributed by atoms with Crippen LogP contribution in [0.1, 0.15) is 26.2 Å². The molecule has 0 N–H and O–H groups in total. The molecule has 2 nitrogen and oxygen atoms in total. The van der Waals surface area contributed by atoms with E-state index >= 15 is 0 Å². The molecule has 0 aromatic rings. The summed E-state index contributed by atoms with van der Waals surface area (Å²) in [4.78, 5) is 0. The summed E-state index contributed by atoms with van der Waals surface area (Å²) in [5.41, 5.74) is 0. The minimum Gasteiger partial charge on any atom is -0.381 e. The highest BCUT2D eigenvalue weighted by Gasteiger charge is 2.18. The Balaban J connectivity index is 2.37. The molecule has 0 bridgehead atoms. The van der Waals surface area contributed by atoms with Crippen molar-refractivity contribution in [3.05, 3.63) is 0 Å². The van der Waals surface area contributed by atoms with Crippen LogP contribution in [0.15, 0.2) is 0 Å². The van der Waals surface area contributed by atoms with Gasteiger partial charge in [0.2, 0.25) is 0 Å². The van der Waals surface area contributed by atoms with Gasteiger partial charge in [-0.25, -0.2) is 0 Å². The largest absolute Gasteiger partial charge is 0.381 e. The fourth-order valence-electron chi connectivity index (χ4n) is 1.53. The van der Waals surface area contributed by atoms with Crippen molar-refractivity contribution in [3.63, 3.8) is 0 Å². The summed E-state index contributed by atoms with van der Waals surface area (Å²) < 4.78 is 5.31. The smallest absolute Gasteiger partial charge is 0.0655 e. The zero-order valence-corrected chi connectivity index (χ0v) is 7.05. The third kappa shape index (κ3) is 2.51. The van der Waals surface area contributed by atoms with Gasteiger partial charge >= 0.3 is 0 Å². The van der Waals surface area contributed by atoms with Crippen LogP contribution in [0, 0.1) is 23.2 Å². The second kappa shape index (κ2) is 4.35. The molecule has 2 atom stereocenters. The standard InChI is InChI=1S/C9H15NO/c1-8(7-10)9-3-2-5-11-6-4-9/h8-9H,2-6H2,1H3. The first-order valence-corrected chi connectivity index (χ1v) is 4.32. The summed E-state index contributed by atoms with van der Waals surface area (Å²) in [6.45, 7) is 3.74. The minimum atomic E-state index is 0.205. The maximum Gasteiger partial charge on any atom is 0.0655 e. The molecule has 1 aliphatic rings. The summed E-state index contributed by atoms with van der Waals surface area (Å²) in [5.74, 6) is 0.777. The van der Waals surface area contributed by atoms with Crippen LogP contribution in [0.3, 0.4) is 0 Å². The molecule has 1 saturated heterocycles. The Labute approximate surface area is 68.2 Å². The third-order valence-corrected chi connectivity index (χ3v) is 2.41. The van der Waals surface area contributed by atoms with E-state index in [0.29, 0.717) is 5.92 Å². The summed E-state index contributed by atoms with van der Waals surface area (Å²) in [7, 11) is 0. The van der Waals surface area contributed by atoms with Crippen LogP contribution < -0.4 is 0 Å². The molecule has 62 valence electrons. The second-order valence-electron chi connectivity index (χ2n) is 3.22. The third-order valence-electron chi connectivity index (χ3n) is 2.41. The van der Waals surface area contributed by atoms with Gasteiger partial charge in [-0.3, -0.25) is 0 Å². The van der Waals surface area contributed by atoms with E-state index in [-0.39, 0.29) is 5.92 Å². The van der Waals surface area contributed by atoms with E-state index in [1.165, 1.54) is 0 Å². The maximum atomic E-state index is 8.69. The van der Waals surface area contributed by atoms with Crippen molar-refractivity contribution in [2.45, 2.75) is 26.2 Å². The van der Waals surface area contributed by atoms with Gasteiger partial charge in [0, 0.05) is 19.1 Å². The SMILES string of the molecule is CC(C#N)C1CCCOCC1. The number of ether oxygens (including phenoxy) is 1. The summed E-state index contributed by atoms with van der Waals surface area (Å²) in [5, 5.41) is 8.69. The van der Waals surface area contributed by atoms with Crippen LogP contribution in [0.5, 0.6) is 0 Å². The topological polar surface area (TPSA) is 33.0 Å². The van der Waals surface area contributed by atoms with Crippen molar-refractivity contribution in [2.24, 2.45) is 11.8 Å². The van der Waals surface area contributed by atoms with Gasteiger partial charge in [0.25, 0.3) is 0 Å². The highest BCUT2D eigenvalue weighted by atomic mass is 16.5. The first-order chi connectivity index (χ1) is 5.34. The Bertz CT molecular complexity index is 142. The Morgan fingerprint density at radius 3 is 3.00 bits per heavy atom. The van der Waals surface area contributed by atoms with Gasteiger partial charge in [0.15, 0.2) is 0 Å². The van der Waals surface area contributed by atoms with Crippen LogP contribution in [0.25, 0.3) is 0 Å². The zero-order valence-electron chi connectivity index (χ0n) is 7.05. The van der Waals surface area contributed by atoms with Gasteiger partial charge in [-0.05, 0) is 32.1 Å². The quantitative estimate of drug-likeness (QED) is 0.577. The first kappa shape index (κ1) is 8.55. The fourth-order valence-corrected chi connectivity index (χ4v) is 1.53. The molecule has 0 saturated carbocycles. The highest BCUT2D eigenvalue weighted by Crippen LogP contribution is 2.23. The lowest BCUT2D eigenvalue weighted by Crippen LogP contribution is -2.09. The van der Waals surface area contributed by atoms with Gasteiger partial charge in [0.1, 0.15) is 0 Å². The van der Waals surface area contributed by atoms with Crippen LogP contribution >= 0.6 is 0 Å². The molecular weight excluding hydrogens is 138 g/mol. The number of rotatable bonds is 1. The molecule has 1 heterocycles. The molecule has 0 aromatic carbocycles. The van der Waals surface area contributed by atoms with Gasteiger partial charge in [-0.15, -0.1) is 0 Å². The molecule has 1 aliphatic heterocycles. The maximum absolute atomic E-state index is 8.69. The number of nitrogens with zero attached hydrogens (tertiary/aromatic N) is 1. The van der Waals surface area contributed by atoms with Crippen LogP contribution in [-0.2, 0) is 4.74 Å². The Morgan fingerprint density at radius 2 is 2.27 bits per heavy atom. The predicted octanol–water partition coefficient (Wildman–Crippen LogP) is 1.96. The van der Waals surface area contributed by atoms with Crippen LogP contribution in [0.4, 0.5) is 0 Å². The molecule has 1 fully saturated rings. The molecule has 0 aliphatic carbocycles. The molecule has 11 heavy (non-hydrogen) atoms. The Kier molecular flexibility index (Phi) is 3.38. The molecule has 0 amide bonds. The predicted molar refractivity (Wildman–Crippen MR) is 42.9 cm³/mol. The lowest BCUT2D eigenvalue weighted by Gasteiger charge is -2.14. The zero-order chi connectivity index (χ0) is 8.10. The summed E-state index contributed by atoms with van der Waals surface area (Å²) in [6, 6.07) is 2.31. The second-order valence-corrected chi connectivity index (χ2v) is 3.22. The van der Waals surface area contributed by atoms with Gasteiger partial charge in [-0.1, -0.05) is 0 Å². The van der Waals surface area contributed by atoms with E-state index < -0.39 is 0 Å². The van der Waals surface area contributed by atoms with Gasteiger partial charge in [-0.2, -0.15) is 5.26 Å². The Hall–Kier alpha value is -0.550. The van der Waals surface area contributed by atoms with E-state index in [0.717, 1.165) is 32.5 Å². The Morgan fingerprint density at radius 1 is 1.45 bits per heavy atom. The average Bonchev–Trinajstić information content (AvgIpc) is 2.30. The molecule has 2 unspecified atom stereocenters. The highest BCUT2D eigenvalue weighted by molar-refractivity contribution is 4.85. The average molecular weight is 153 g/mol. The van der Waals surface area contributed by atoms with Crippen LogP contribution in [-0.4, -0.2) is 13.2 Å². The number of nitriles is 1. The summed E-state index contributed by atoms with van der Waals surface area (Å²) in [6.07, 6.45) is 3.35. The van der Waals surface area contributed by atoms with E-state index in [1.807, 2.05) is 6.92 Å². The lowest BCUT2D eigenvalue weighted by molar-refractivity contribution is 0.140. The molecule has 2 heteroatoms. The summed E-state index contributed by atoms with van der Waals surface area (Å²) >= 11 is 0. The monoisotopic (exact) mass is 153 g/mol. The van der Waals surface area contributed by atoms with Crippen molar-refractivity contribution >= 4 is 0 Å². The molecule has 0 spiro atoms. The molecular formula is C9H15NO. The fraction of sp³-hybridized carbons (Fsp3) is 0.889. The van der Waals surface area contributed by atoms with Crippen molar-refractivity contribution in [3.8, 4) is 6.07 Å². The lowest BCUT2D eigenvalue weighted by atomic mass is 9.89. The van der Waals surface area contributed by atoms with E-state index in [1.54, 1.807) is 0 Å². The van der Waals surface area contributed by atoms with Gasteiger partial charge in [0.05, 0.1) is 6.07 Å². The van der Waals surface area contributed by atoms with Crippen molar-refractivity contribution in [2.75, 3.05) is 13.2 Å². The molecule has 1 rings (SSSR count). The first-order valence-electron chi connectivity index (χ1n) is 4.32. The van der Waals surface area contributed by atoms with E-state index in [4.69, 9.17) is 10.00 Å². The van der Waals surface area contributed by atoms with Crippen molar-refractivity contribution in [1.29, 1.82) is 5.26 Å². The van der Waals surface area contributed by atoms with Gasteiger partial charge < -0.3 is 4.74 Å². The van der Waals surface area contributed by atoms with E-state index in [2.05, 4.69) is 6.07 Å². The van der Waals surface area contributed by atoms with Crippen molar-refractivity contribution in [1.82, 2.24) is 0 Å². The van der Waals surface area contributed by atoms with Crippen LogP contribution in [0.2, 0.25) is 0 Å². The van der Waals surface area contributed by atoms with E-state index in [9.17, 15) is 0 Å². The minimum absolute atomic E-state index is 0.205. The number of hydrogen-bond donors (Lipinski definition) is 0. The number of hydrogen-bond acceptors (Lipinski definition) is 2. The van der Waals surface area contributed by atoms with Crippen molar-refractivity contribution < 1.29 is 4.74 Å².